The minimum Gasteiger partial charge on any atom is -0.494 e. The zero-order chi connectivity index (χ0) is 16.2. The maximum Gasteiger partial charge on any atom is 0.191 e. The summed E-state index contributed by atoms with van der Waals surface area (Å²) in [5.74, 6) is 1.73. The minimum absolute atomic E-state index is 0.224. The number of nitrogens with one attached hydrogen (secondary N) is 2. The Morgan fingerprint density at radius 2 is 2.18 bits per heavy atom. The lowest BCUT2D eigenvalue weighted by Crippen LogP contribution is -2.44. The average molecular weight is 307 g/mol. The normalized spacial score (nSPS) is 12.8. The maximum atomic E-state index is 5.65. The van der Waals surface area contributed by atoms with Crippen molar-refractivity contribution in [2.24, 2.45) is 4.99 Å². The number of guanidine groups is 1. The Bertz CT molecular complexity index is 449. The second-order valence-corrected chi connectivity index (χ2v) is 5.25. The number of aliphatic imine (C=N–C) groups is 1. The molecule has 1 unspecified atom stereocenters. The van der Waals surface area contributed by atoms with Crippen LogP contribution >= 0.6 is 0 Å². The lowest BCUT2D eigenvalue weighted by Gasteiger charge is -2.17. The monoisotopic (exact) mass is 307 g/mol. The first kappa shape index (κ1) is 18.3. The lowest BCUT2D eigenvalue weighted by atomic mass is 10.1. The van der Waals surface area contributed by atoms with E-state index in [4.69, 9.17) is 9.47 Å². The van der Waals surface area contributed by atoms with Crippen LogP contribution < -0.4 is 15.4 Å². The van der Waals surface area contributed by atoms with Gasteiger partial charge in [0.2, 0.25) is 0 Å². The maximum absolute atomic E-state index is 5.65. The lowest BCUT2D eigenvalue weighted by molar-refractivity contribution is 0.179. The van der Waals surface area contributed by atoms with Gasteiger partial charge in [-0.1, -0.05) is 19.1 Å². The zero-order valence-electron chi connectivity index (χ0n) is 14.2. The van der Waals surface area contributed by atoms with E-state index in [0.29, 0.717) is 6.61 Å². The van der Waals surface area contributed by atoms with Crippen molar-refractivity contribution in [1.82, 2.24) is 10.6 Å². The minimum atomic E-state index is 0.224. The molecule has 0 aliphatic heterocycles. The molecule has 22 heavy (non-hydrogen) atoms. The van der Waals surface area contributed by atoms with Gasteiger partial charge in [0.25, 0.3) is 0 Å². The van der Waals surface area contributed by atoms with Crippen molar-refractivity contribution < 1.29 is 9.47 Å². The molecule has 5 nitrogen and oxygen atoms in total. The van der Waals surface area contributed by atoms with E-state index in [9.17, 15) is 0 Å². The smallest absolute Gasteiger partial charge is 0.191 e. The third-order valence-corrected chi connectivity index (χ3v) is 3.10. The Balaban J connectivity index is 2.39. The molecule has 0 bridgehead atoms. The SMILES string of the molecule is CCCOc1cccc(CCNC(=NC)NC(C)COC)c1. The van der Waals surface area contributed by atoms with Crippen LogP contribution in [0, 0.1) is 0 Å². The molecule has 0 fully saturated rings. The van der Waals surface area contributed by atoms with Gasteiger partial charge in [-0.05, 0) is 37.5 Å². The fraction of sp³-hybridized carbons (Fsp3) is 0.588. The molecule has 0 spiro atoms. The van der Waals surface area contributed by atoms with Crippen molar-refractivity contribution in [3.05, 3.63) is 29.8 Å². The molecule has 124 valence electrons. The molecule has 5 heteroatoms. The Morgan fingerprint density at radius 1 is 1.36 bits per heavy atom. The molecule has 0 saturated carbocycles. The number of methoxy groups -OCH3 is 1. The summed E-state index contributed by atoms with van der Waals surface area (Å²) in [7, 11) is 3.47. The van der Waals surface area contributed by atoms with Crippen LogP contribution in [0.25, 0.3) is 0 Å². The van der Waals surface area contributed by atoms with E-state index in [1.54, 1.807) is 14.2 Å². The summed E-state index contributed by atoms with van der Waals surface area (Å²) in [6.07, 6.45) is 1.94. The van der Waals surface area contributed by atoms with Gasteiger partial charge < -0.3 is 20.1 Å². The second-order valence-electron chi connectivity index (χ2n) is 5.25. The molecule has 0 amide bonds. The average Bonchev–Trinajstić information content (AvgIpc) is 2.52. The summed E-state index contributed by atoms with van der Waals surface area (Å²) >= 11 is 0. The van der Waals surface area contributed by atoms with Crippen molar-refractivity contribution in [3.8, 4) is 5.75 Å². The molecule has 0 heterocycles. The largest absolute Gasteiger partial charge is 0.494 e. The summed E-state index contributed by atoms with van der Waals surface area (Å²) in [5, 5.41) is 6.59. The van der Waals surface area contributed by atoms with E-state index >= 15 is 0 Å². The molecule has 0 saturated heterocycles. The Hall–Kier alpha value is -1.75. The highest BCUT2D eigenvalue weighted by atomic mass is 16.5. The van der Waals surface area contributed by atoms with Crippen LogP contribution in [0.5, 0.6) is 5.75 Å². The molecule has 2 N–H and O–H groups in total. The summed E-state index contributed by atoms with van der Waals surface area (Å²) in [6, 6.07) is 8.47. The summed E-state index contributed by atoms with van der Waals surface area (Å²) in [6.45, 7) is 6.39. The molecule has 1 aromatic carbocycles. The van der Waals surface area contributed by atoms with Crippen LogP contribution in [0.2, 0.25) is 0 Å². The van der Waals surface area contributed by atoms with Crippen LogP contribution in [-0.2, 0) is 11.2 Å². The van der Waals surface area contributed by atoms with Gasteiger partial charge in [-0.2, -0.15) is 0 Å². The summed E-state index contributed by atoms with van der Waals surface area (Å²) < 4.78 is 10.8. The number of rotatable bonds is 9. The number of ether oxygens (including phenoxy) is 2. The van der Waals surface area contributed by atoms with Gasteiger partial charge in [0, 0.05) is 26.7 Å². The van der Waals surface area contributed by atoms with E-state index < -0.39 is 0 Å². The van der Waals surface area contributed by atoms with E-state index in [1.807, 2.05) is 12.1 Å². The Morgan fingerprint density at radius 3 is 2.86 bits per heavy atom. The predicted molar refractivity (Wildman–Crippen MR) is 91.8 cm³/mol. The third kappa shape index (κ3) is 7.31. The number of nitrogens with zero attached hydrogens (tertiary/aromatic N) is 1. The first-order chi connectivity index (χ1) is 10.7. The van der Waals surface area contributed by atoms with E-state index in [0.717, 1.165) is 37.7 Å². The fourth-order valence-electron chi connectivity index (χ4n) is 2.06. The van der Waals surface area contributed by atoms with Gasteiger partial charge in [0.15, 0.2) is 5.96 Å². The van der Waals surface area contributed by atoms with Crippen molar-refractivity contribution in [2.45, 2.75) is 32.7 Å². The van der Waals surface area contributed by atoms with Crippen molar-refractivity contribution in [2.75, 3.05) is 33.9 Å². The molecule has 0 radical (unpaired) electrons. The van der Waals surface area contributed by atoms with Crippen molar-refractivity contribution in [3.63, 3.8) is 0 Å². The van der Waals surface area contributed by atoms with Crippen LogP contribution in [0.1, 0.15) is 25.8 Å². The van der Waals surface area contributed by atoms with Crippen LogP contribution in [0.15, 0.2) is 29.3 Å². The van der Waals surface area contributed by atoms with Gasteiger partial charge in [-0.15, -0.1) is 0 Å². The third-order valence-electron chi connectivity index (χ3n) is 3.10. The van der Waals surface area contributed by atoms with E-state index in [1.165, 1.54) is 5.56 Å². The summed E-state index contributed by atoms with van der Waals surface area (Å²) in [4.78, 5) is 4.21. The molecule has 1 rings (SSSR count). The molecule has 0 aromatic heterocycles. The molecule has 1 aromatic rings. The van der Waals surface area contributed by atoms with E-state index in [2.05, 4.69) is 41.6 Å². The molecular formula is C17H29N3O2. The molecular weight excluding hydrogens is 278 g/mol. The molecule has 1 atom stereocenters. The van der Waals surface area contributed by atoms with E-state index in [-0.39, 0.29) is 6.04 Å². The molecule has 0 aliphatic rings. The van der Waals surface area contributed by atoms with Crippen molar-refractivity contribution >= 4 is 5.96 Å². The zero-order valence-corrected chi connectivity index (χ0v) is 14.2. The first-order valence-electron chi connectivity index (χ1n) is 7.87. The van der Waals surface area contributed by atoms with Gasteiger partial charge in [-0.3, -0.25) is 4.99 Å². The standard InChI is InChI=1S/C17H29N3O2/c1-5-11-22-16-8-6-7-15(12-16)9-10-19-17(18-3)20-14(2)13-21-4/h6-8,12,14H,5,9-11,13H2,1-4H3,(H2,18,19,20). The predicted octanol–water partition coefficient (Wildman–Crippen LogP) is 2.22. The van der Waals surface area contributed by atoms with Crippen LogP contribution in [0.3, 0.4) is 0 Å². The topological polar surface area (TPSA) is 54.9 Å². The quantitative estimate of drug-likeness (QED) is 0.542. The second kappa shape index (κ2) is 10.9. The fourth-order valence-corrected chi connectivity index (χ4v) is 2.06. The summed E-state index contributed by atoms with van der Waals surface area (Å²) in [5.41, 5.74) is 1.25. The number of hydrogen-bond acceptors (Lipinski definition) is 3. The number of benzene rings is 1. The molecule has 0 aliphatic carbocycles. The van der Waals surface area contributed by atoms with Gasteiger partial charge in [-0.25, -0.2) is 0 Å². The van der Waals surface area contributed by atoms with Crippen LogP contribution in [0.4, 0.5) is 0 Å². The number of hydrogen-bond donors (Lipinski definition) is 2. The van der Waals surface area contributed by atoms with Gasteiger partial charge in [0.05, 0.1) is 13.2 Å². The van der Waals surface area contributed by atoms with Gasteiger partial charge >= 0.3 is 0 Å². The Kier molecular flexibility index (Phi) is 9.07. The highest BCUT2D eigenvalue weighted by molar-refractivity contribution is 5.79. The van der Waals surface area contributed by atoms with Crippen molar-refractivity contribution in [1.29, 1.82) is 0 Å². The highest BCUT2D eigenvalue weighted by Gasteiger charge is 2.04. The first-order valence-corrected chi connectivity index (χ1v) is 7.87. The highest BCUT2D eigenvalue weighted by Crippen LogP contribution is 2.13. The Labute approximate surface area is 134 Å². The van der Waals surface area contributed by atoms with Crippen LogP contribution in [-0.4, -0.2) is 45.9 Å². The van der Waals surface area contributed by atoms with Gasteiger partial charge in [0.1, 0.15) is 5.75 Å².